The van der Waals surface area contributed by atoms with Crippen LogP contribution in [0.2, 0.25) is 5.02 Å². The monoisotopic (exact) mass is 341 g/mol. The lowest BCUT2D eigenvalue weighted by molar-refractivity contribution is -0.112. The summed E-state index contributed by atoms with van der Waals surface area (Å²) >= 11 is 5.97. The lowest BCUT2D eigenvalue weighted by atomic mass is 10.1. The molecule has 0 aliphatic carbocycles. The quantitative estimate of drug-likeness (QED) is 0.428. The van der Waals surface area contributed by atoms with Crippen molar-refractivity contribution in [3.05, 3.63) is 70.9 Å². The molecule has 0 heterocycles. The average molecular weight is 342 g/mol. The lowest BCUT2D eigenvalue weighted by Gasteiger charge is -2.07. The second-order valence-corrected chi connectivity index (χ2v) is 5.38. The number of phenolic OH excluding ortho intramolecular Hbond substituents is 1. The molecule has 0 fully saturated rings. The third-order valence-electron chi connectivity index (χ3n) is 3.23. The third kappa shape index (κ3) is 5.04. The van der Waals surface area contributed by atoms with Gasteiger partial charge in [0, 0.05) is 12.7 Å². The van der Waals surface area contributed by atoms with Gasteiger partial charge in [0.1, 0.15) is 17.4 Å². The molecule has 122 valence electrons. The first-order valence-corrected chi connectivity index (χ1v) is 7.65. The first-order valence-electron chi connectivity index (χ1n) is 7.27. The summed E-state index contributed by atoms with van der Waals surface area (Å²) in [7, 11) is 0. The first kappa shape index (κ1) is 17.4. The van der Waals surface area contributed by atoms with Crippen molar-refractivity contribution in [2.45, 2.75) is 6.42 Å². The zero-order chi connectivity index (χ0) is 17.4. The standard InChI is InChI=1S/C18H16ClN3O2/c19-16-3-1-2-4-17(16)22-18(24)14(11-20)12-21-10-9-13-5-7-15(23)8-6-13/h1-8,12,21,23H,9-10H2,(H,22,24)/b14-12-. The number of carbonyl (C=O) groups excluding carboxylic acids is 1. The second kappa shape index (κ2) is 8.61. The van der Waals surface area contributed by atoms with E-state index in [1.807, 2.05) is 18.2 Å². The van der Waals surface area contributed by atoms with Crippen LogP contribution in [0.1, 0.15) is 5.56 Å². The molecule has 24 heavy (non-hydrogen) atoms. The Morgan fingerprint density at radius 3 is 2.58 bits per heavy atom. The molecule has 0 unspecified atom stereocenters. The number of nitriles is 1. The van der Waals surface area contributed by atoms with Crippen LogP contribution in [-0.2, 0) is 11.2 Å². The van der Waals surface area contributed by atoms with Crippen LogP contribution in [0.3, 0.4) is 0 Å². The fourth-order valence-corrected chi connectivity index (χ4v) is 2.14. The van der Waals surface area contributed by atoms with E-state index in [0.29, 0.717) is 23.7 Å². The number of rotatable bonds is 6. The van der Waals surface area contributed by atoms with Crippen molar-refractivity contribution in [3.63, 3.8) is 0 Å². The number of nitrogens with one attached hydrogen (secondary N) is 2. The van der Waals surface area contributed by atoms with E-state index in [-0.39, 0.29) is 11.3 Å². The van der Waals surface area contributed by atoms with Crippen molar-refractivity contribution in [3.8, 4) is 11.8 Å². The van der Waals surface area contributed by atoms with E-state index in [4.69, 9.17) is 16.9 Å². The van der Waals surface area contributed by atoms with Crippen molar-refractivity contribution >= 4 is 23.2 Å². The average Bonchev–Trinajstić information content (AvgIpc) is 2.58. The summed E-state index contributed by atoms with van der Waals surface area (Å²) in [6.45, 7) is 0.551. The molecule has 0 radical (unpaired) electrons. The largest absolute Gasteiger partial charge is 0.508 e. The summed E-state index contributed by atoms with van der Waals surface area (Å²) in [6, 6.07) is 15.5. The van der Waals surface area contributed by atoms with E-state index in [2.05, 4.69) is 10.6 Å². The van der Waals surface area contributed by atoms with Gasteiger partial charge in [-0.05, 0) is 36.2 Å². The zero-order valence-electron chi connectivity index (χ0n) is 12.8. The molecule has 3 N–H and O–H groups in total. The van der Waals surface area contributed by atoms with Crippen molar-refractivity contribution in [2.24, 2.45) is 0 Å². The summed E-state index contributed by atoms with van der Waals surface area (Å²) < 4.78 is 0. The molecule has 0 saturated heterocycles. The number of benzene rings is 2. The predicted molar refractivity (Wildman–Crippen MR) is 93.6 cm³/mol. The van der Waals surface area contributed by atoms with Crippen LogP contribution in [0.15, 0.2) is 60.3 Å². The summed E-state index contributed by atoms with van der Waals surface area (Å²) in [5.74, 6) is -0.308. The molecule has 5 nitrogen and oxygen atoms in total. The van der Waals surface area contributed by atoms with Crippen molar-refractivity contribution in [1.29, 1.82) is 5.26 Å². The highest BCUT2D eigenvalue weighted by Crippen LogP contribution is 2.20. The summed E-state index contributed by atoms with van der Waals surface area (Å²) in [6.07, 6.45) is 2.08. The SMILES string of the molecule is N#C/C(=C/NCCc1ccc(O)cc1)C(=O)Nc1ccccc1Cl. The van der Waals surface area contributed by atoms with Gasteiger partial charge in [0.25, 0.3) is 5.91 Å². The second-order valence-electron chi connectivity index (χ2n) is 4.97. The van der Waals surface area contributed by atoms with Crippen LogP contribution in [0.5, 0.6) is 5.75 Å². The number of hydrogen-bond acceptors (Lipinski definition) is 4. The topological polar surface area (TPSA) is 85.2 Å². The fourth-order valence-electron chi connectivity index (χ4n) is 1.95. The molecule has 2 rings (SSSR count). The fraction of sp³-hybridized carbons (Fsp3) is 0.111. The van der Waals surface area contributed by atoms with Gasteiger partial charge in [0.15, 0.2) is 0 Å². The van der Waals surface area contributed by atoms with Gasteiger partial charge in [-0.25, -0.2) is 0 Å². The molecule has 0 aromatic heterocycles. The van der Waals surface area contributed by atoms with E-state index in [1.54, 1.807) is 36.4 Å². The third-order valence-corrected chi connectivity index (χ3v) is 3.56. The minimum absolute atomic E-state index is 0.0411. The molecule has 0 spiro atoms. The molecule has 2 aromatic carbocycles. The van der Waals surface area contributed by atoms with E-state index < -0.39 is 5.91 Å². The van der Waals surface area contributed by atoms with E-state index in [9.17, 15) is 9.90 Å². The van der Waals surface area contributed by atoms with Gasteiger partial charge >= 0.3 is 0 Å². The minimum Gasteiger partial charge on any atom is -0.508 e. The first-order chi connectivity index (χ1) is 11.6. The number of para-hydroxylation sites is 1. The van der Waals surface area contributed by atoms with Gasteiger partial charge < -0.3 is 15.7 Å². The molecular weight excluding hydrogens is 326 g/mol. The lowest BCUT2D eigenvalue weighted by Crippen LogP contribution is -2.18. The Hall–Kier alpha value is -2.97. The summed E-state index contributed by atoms with van der Waals surface area (Å²) in [4.78, 5) is 12.1. The number of phenols is 1. The highest BCUT2D eigenvalue weighted by molar-refractivity contribution is 6.33. The van der Waals surface area contributed by atoms with E-state index >= 15 is 0 Å². The van der Waals surface area contributed by atoms with Crippen molar-refractivity contribution in [1.82, 2.24) is 5.32 Å². The Morgan fingerprint density at radius 1 is 1.21 bits per heavy atom. The highest BCUT2D eigenvalue weighted by Gasteiger charge is 2.10. The molecule has 2 aromatic rings. The Kier molecular flexibility index (Phi) is 6.23. The summed E-state index contributed by atoms with van der Waals surface area (Å²) in [5.41, 5.74) is 1.45. The van der Waals surface area contributed by atoms with Crippen LogP contribution in [0, 0.1) is 11.3 Å². The number of anilines is 1. The van der Waals surface area contributed by atoms with Crippen molar-refractivity contribution in [2.75, 3.05) is 11.9 Å². The van der Waals surface area contributed by atoms with Crippen LogP contribution in [-0.4, -0.2) is 17.6 Å². The Morgan fingerprint density at radius 2 is 1.92 bits per heavy atom. The van der Waals surface area contributed by atoms with Crippen LogP contribution < -0.4 is 10.6 Å². The van der Waals surface area contributed by atoms with Gasteiger partial charge in [-0.3, -0.25) is 4.79 Å². The van der Waals surface area contributed by atoms with E-state index in [1.165, 1.54) is 6.20 Å². The van der Waals surface area contributed by atoms with Gasteiger partial charge in [-0.1, -0.05) is 35.9 Å². The maximum Gasteiger partial charge on any atom is 0.267 e. The Labute approximate surface area is 145 Å². The van der Waals surface area contributed by atoms with Crippen molar-refractivity contribution < 1.29 is 9.90 Å². The minimum atomic E-state index is -0.525. The van der Waals surface area contributed by atoms with Gasteiger partial charge in [-0.15, -0.1) is 0 Å². The normalized spacial score (nSPS) is 10.8. The van der Waals surface area contributed by atoms with E-state index in [0.717, 1.165) is 5.56 Å². The number of halogens is 1. The van der Waals surface area contributed by atoms with Crippen LogP contribution >= 0.6 is 11.6 Å². The van der Waals surface area contributed by atoms with Crippen LogP contribution in [0.25, 0.3) is 0 Å². The number of amides is 1. The molecule has 0 aliphatic heterocycles. The number of aromatic hydroxyl groups is 1. The van der Waals surface area contributed by atoms with Gasteiger partial charge in [0.05, 0.1) is 10.7 Å². The van der Waals surface area contributed by atoms with Crippen LogP contribution in [0.4, 0.5) is 5.69 Å². The molecule has 1 amide bonds. The maximum absolute atomic E-state index is 12.1. The maximum atomic E-state index is 12.1. The Bertz CT molecular complexity index is 780. The van der Waals surface area contributed by atoms with Gasteiger partial charge in [-0.2, -0.15) is 5.26 Å². The number of nitrogens with zero attached hydrogens (tertiary/aromatic N) is 1. The molecule has 6 heteroatoms. The molecule has 0 saturated carbocycles. The molecular formula is C18H16ClN3O2. The van der Waals surface area contributed by atoms with Gasteiger partial charge in [0.2, 0.25) is 0 Å². The smallest absolute Gasteiger partial charge is 0.267 e. The Balaban J connectivity index is 1.89. The summed E-state index contributed by atoms with van der Waals surface area (Å²) in [5, 5.41) is 24.3. The zero-order valence-corrected chi connectivity index (χ0v) is 13.5. The number of carbonyl (C=O) groups is 1. The number of hydrogen-bond donors (Lipinski definition) is 3. The highest BCUT2D eigenvalue weighted by atomic mass is 35.5. The molecule has 0 aliphatic rings. The predicted octanol–water partition coefficient (Wildman–Crippen LogP) is 3.22. The molecule has 0 bridgehead atoms. The molecule has 0 atom stereocenters.